The topological polar surface area (TPSA) is 98.2 Å². The Balaban J connectivity index is 0. The van der Waals surface area contributed by atoms with E-state index in [1.165, 1.54) is 0 Å². The molecule has 0 saturated heterocycles. The first-order valence-corrected chi connectivity index (χ1v) is 5.07. The van der Waals surface area contributed by atoms with Crippen molar-refractivity contribution < 1.29 is 9.59 Å². The van der Waals surface area contributed by atoms with E-state index in [1.807, 2.05) is 20.8 Å². The summed E-state index contributed by atoms with van der Waals surface area (Å²) in [5, 5.41) is 2.62. The zero-order chi connectivity index (χ0) is 12.1. The third-order valence-corrected chi connectivity index (χ3v) is 2.06. The first-order valence-electron chi connectivity index (χ1n) is 5.07. The Morgan fingerprint density at radius 1 is 1.31 bits per heavy atom. The third-order valence-electron chi connectivity index (χ3n) is 2.06. The average molecular weight is 252 g/mol. The molecule has 6 heteroatoms. The predicted molar refractivity (Wildman–Crippen MR) is 66.1 cm³/mol. The Hall–Kier alpha value is -0.810. The minimum atomic E-state index is -0.636. The maximum absolute atomic E-state index is 11.4. The number of nitrogens with one attached hydrogen (secondary N) is 1. The largest absolute Gasteiger partial charge is 0.368 e. The van der Waals surface area contributed by atoms with E-state index in [4.69, 9.17) is 11.5 Å². The summed E-state index contributed by atoms with van der Waals surface area (Å²) >= 11 is 0. The number of nitrogens with two attached hydrogens (primary N) is 2. The van der Waals surface area contributed by atoms with Crippen LogP contribution >= 0.6 is 12.4 Å². The Bertz CT molecular complexity index is 239. The molecule has 0 aliphatic heterocycles. The Morgan fingerprint density at radius 3 is 2.12 bits per heavy atom. The molecule has 0 aromatic heterocycles. The Morgan fingerprint density at radius 2 is 1.81 bits per heavy atom. The van der Waals surface area contributed by atoms with Gasteiger partial charge < -0.3 is 16.8 Å². The van der Waals surface area contributed by atoms with Gasteiger partial charge >= 0.3 is 0 Å². The van der Waals surface area contributed by atoms with Gasteiger partial charge in [-0.15, -0.1) is 12.4 Å². The van der Waals surface area contributed by atoms with Gasteiger partial charge in [-0.3, -0.25) is 9.59 Å². The van der Waals surface area contributed by atoms with Gasteiger partial charge in [0.2, 0.25) is 11.8 Å². The van der Waals surface area contributed by atoms with Crippen molar-refractivity contribution in [3.05, 3.63) is 0 Å². The second-order valence-electron chi connectivity index (χ2n) is 4.66. The molecule has 0 spiro atoms. The lowest BCUT2D eigenvalue weighted by Gasteiger charge is -2.28. The van der Waals surface area contributed by atoms with E-state index in [-0.39, 0.29) is 23.7 Å². The van der Waals surface area contributed by atoms with Crippen molar-refractivity contribution in [1.29, 1.82) is 0 Å². The number of carbonyl (C=O) groups excluding carboxylic acids is 2. The molecule has 5 nitrogen and oxygen atoms in total. The molecule has 96 valence electrons. The molecule has 16 heavy (non-hydrogen) atoms. The lowest BCUT2D eigenvalue weighted by atomic mass is 9.86. The van der Waals surface area contributed by atoms with E-state index in [0.29, 0.717) is 19.4 Å². The molecule has 2 amide bonds. The van der Waals surface area contributed by atoms with Gasteiger partial charge in [-0.05, 0) is 18.4 Å². The van der Waals surface area contributed by atoms with Crippen LogP contribution in [0, 0.1) is 5.41 Å². The molecule has 0 aliphatic rings. The van der Waals surface area contributed by atoms with Crippen molar-refractivity contribution in [1.82, 2.24) is 5.32 Å². The number of rotatable bonds is 5. The van der Waals surface area contributed by atoms with Gasteiger partial charge in [-0.25, -0.2) is 0 Å². The Kier molecular flexibility index (Phi) is 8.20. The second kappa shape index (κ2) is 7.46. The van der Waals surface area contributed by atoms with Gasteiger partial charge in [0, 0.05) is 6.42 Å². The quantitative estimate of drug-likeness (QED) is 0.649. The Labute approximate surface area is 103 Å². The van der Waals surface area contributed by atoms with Crippen LogP contribution in [0.5, 0.6) is 0 Å². The van der Waals surface area contributed by atoms with Crippen LogP contribution in [0.1, 0.15) is 33.6 Å². The molecule has 0 heterocycles. The van der Waals surface area contributed by atoms with E-state index in [1.54, 1.807) is 0 Å². The van der Waals surface area contributed by atoms with Crippen LogP contribution in [0.15, 0.2) is 0 Å². The van der Waals surface area contributed by atoms with E-state index >= 15 is 0 Å². The molecule has 0 aromatic carbocycles. The van der Waals surface area contributed by atoms with Crippen molar-refractivity contribution >= 4 is 24.2 Å². The van der Waals surface area contributed by atoms with Crippen LogP contribution in [-0.2, 0) is 9.59 Å². The molecule has 0 aliphatic carbocycles. The molecule has 1 unspecified atom stereocenters. The van der Waals surface area contributed by atoms with Crippen LogP contribution in [0.25, 0.3) is 0 Å². The van der Waals surface area contributed by atoms with Gasteiger partial charge in [0.25, 0.3) is 0 Å². The summed E-state index contributed by atoms with van der Waals surface area (Å²) < 4.78 is 0. The standard InChI is InChI=1S/C10H21N3O2.ClH/c1-10(2,3)8(9(12)15)13-7(14)5-4-6-11;/h8H,4-6,11H2,1-3H3,(H2,12,15)(H,13,14);1H. The summed E-state index contributed by atoms with van der Waals surface area (Å²) in [6, 6.07) is -0.636. The molecule has 5 N–H and O–H groups in total. The van der Waals surface area contributed by atoms with Crippen LogP contribution in [-0.4, -0.2) is 24.4 Å². The summed E-state index contributed by atoms with van der Waals surface area (Å²) in [7, 11) is 0. The van der Waals surface area contributed by atoms with Crippen LogP contribution in [0.4, 0.5) is 0 Å². The van der Waals surface area contributed by atoms with Crippen LogP contribution in [0.2, 0.25) is 0 Å². The van der Waals surface area contributed by atoms with Gasteiger partial charge in [-0.1, -0.05) is 20.8 Å². The summed E-state index contributed by atoms with van der Waals surface area (Å²) in [6.07, 6.45) is 0.942. The molecule has 0 saturated carbocycles. The number of primary amides is 1. The van der Waals surface area contributed by atoms with Gasteiger partial charge in [0.05, 0.1) is 0 Å². The number of hydrogen-bond acceptors (Lipinski definition) is 3. The highest BCUT2D eigenvalue weighted by atomic mass is 35.5. The van der Waals surface area contributed by atoms with Crippen LogP contribution in [0.3, 0.4) is 0 Å². The van der Waals surface area contributed by atoms with Crippen molar-refractivity contribution in [2.45, 2.75) is 39.7 Å². The lowest BCUT2D eigenvalue weighted by Crippen LogP contribution is -2.52. The molecule has 0 rings (SSSR count). The SMILES string of the molecule is CC(C)(C)C(NC(=O)CCCN)C(N)=O.Cl. The van der Waals surface area contributed by atoms with Crippen molar-refractivity contribution in [3.63, 3.8) is 0 Å². The fourth-order valence-electron chi connectivity index (χ4n) is 1.21. The normalized spacial score (nSPS) is 12.5. The smallest absolute Gasteiger partial charge is 0.240 e. The fourth-order valence-corrected chi connectivity index (χ4v) is 1.21. The van der Waals surface area contributed by atoms with Crippen molar-refractivity contribution in [2.24, 2.45) is 16.9 Å². The molecule has 0 radical (unpaired) electrons. The predicted octanol–water partition coefficient (Wildman–Crippen LogP) is 0.163. The highest BCUT2D eigenvalue weighted by Crippen LogP contribution is 2.18. The molecule has 0 aromatic rings. The van der Waals surface area contributed by atoms with Crippen LogP contribution < -0.4 is 16.8 Å². The number of carbonyl (C=O) groups is 2. The maximum atomic E-state index is 11.4. The van der Waals surface area contributed by atoms with E-state index in [2.05, 4.69) is 5.32 Å². The zero-order valence-electron chi connectivity index (χ0n) is 10.1. The average Bonchev–Trinajstić information content (AvgIpc) is 2.08. The summed E-state index contributed by atoms with van der Waals surface area (Å²) in [6.45, 7) is 6.02. The molecule has 0 fully saturated rings. The van der Waals surface area contributed by atoms with Gasteiger partial charge in [-0.2, -0.15) is 0 Å². The van der Waals surface area contributed by atoms with E-state index < -0.39 is 11.9 Å². The summed E-state index contributed by atoms with van der Waals surface area (Å²) in [5.41, 5.74) is 10.1. The summed E-state index contributed by atoms with van der Waals surface area (Å²) in [4.78, 5) is 22.5. The first-order chi connectivity index (χ1) is 6.79. The number of halogens is 1. The first kappa shape index (κ1) is 17.6. The van der Waals surface area contributed by atoms with Gasteiger partial charge in [0.1, 0.15) is 6.04 Å². The summed E-state index contributed by atoms with van der Waals surface area (Å²) in [5.74, 6) is -0.692. The zero-order valence-corrected chi connectivity index (χ0v) is 10.9. The van der Waals surface area contributed by atoms with Crippen molar-refractivity contribution in [2.75, 3.05) is 6.54 Å². The molecule has 0 bridgehead atoms. The molecule has 1 atom stereocenters. The molecular formula is C10H22ClN3O2. The maximum Gasteiger partial charge on any atom is 0.240 e. The number of amides is 2. The lowest BCUT2D eigenvalue weighted by molar-refractivity contribution is -0.129. The fraction of sp³-hybridized carbons (Fsp3) is 0.800. The second-order valence-corrected chi connectivity index (χ2v) is 4.66. The highest BCUT2D eigenvalue weighted by Gasteiger charge is 2.30. The molecular weight excluding hydrogens is 230 g/mol. The highest BCUT2D eigenvalue weighted by molar-refractivity contribution is 5.87. The van der Waals surface area contributed by atoms with E-state index in [0.717, 1.165) is 0 Å². The minimum Gasteiger partial charge on any atom is -0.368 e. The monoisotopic (exact) mass is 251 g/mol. The van der Waals surface area contributed by atoms with Gasteiger partial charge in [0.15, 0.2) is 0 Å². The number of hydrogen-bond donors (Lipinski definition) is 3. The van der Waals surface area contributed by atoms with Crippen molar-refractivity contribution in [3.8, 4) is 0 Å². The van der Waals surface area contributed by atoms with E-state index in [9.17, 15) is 9.59 Å². The minimum absolute atomic E-state index is 0. The third kappa shape index (κ3) is 6.63.